The van der Waals surface area contributed by atoms with E-state index in [1.54, 1.807) is 6.20 Å². The fraction of sp³-hybridized carbons (Fsp3) is 0.333. The quantitative estimate of drug-likeness (QED) is 0.732. The van der Waals surface area contributed by atoms with Crippen molar-refractivity contribution in [3.05, 3.63) is 36.0 Å². The van der Waals surface area contributed by atoms with Crippen molar-refractivity contribution in [3.63, 3.8) is 0 Å². The summed E-state index contributed by atoms with van der Waals surface area (Å²) in [5, 5.41) is 9.12. The van der Waals surface area contributed by atoms with Crippen molar-refractivity contribution in [1.29, 1.82) is 0 Å². The Hall–Kier alpha value is -1.88. The van der Waals surface area contributed by atoms with E-state index in [1.807, 2.05) is 6.07 Å². The minimum absolute atomic E-state index is 0.482. The molecule has 0 aliphatic heterocycles. The summed E-state index contributed by atoms with van der Waals surface area (Å²) in [6.45, 7) is 4.31. The molecule has 1 aromatic heterocycles. The van der Waals surface area contributed by atoms with Gasteiger partial charge in [-0.05, 0) is 24.1 Å². The monoisotopic (exact) mass is 224 g/mol. The maximum absolute atomic E-state index is 4.10. The number of aromatic nitrogens is 2. The molecule has 0 aliphatic carbocycles. The van der Waals surface area contributed by atoms with Crippen LogP contribution in [0, 0.1) is 17.8 Å². The van der Waals surface area contributed by atoms with E-state index in [0.717, 1.165) is 23.7 Å². The molecule has 1 unspecified atom stereocenters. The van der Waals surface area contributed by atoms with Crippen LogP contribution in [-0.4, -0.2) is 10.2 Å². The number of hydrogen-bond donors (Lipinski definition) is 0. The third-order valence-corrected chi connectivity index (χ3v) is 2.83. The van der Waals surface area contributed by atoms with Crippen molar-refractivity contribution in [2.45, 2.75) is 26.7 Å². The molecule has 0 N–H and O–H groups in total. The summed E-state index contributed by atoms with van der Waals surface area (Å²) in [6.07, 6.45) is 3.61. The largest absolute Gasteiger partial charge is 0.159 e. The highest BCUT2D eigenvalue weighted by Crippen LogP contribution is 2.12. The molecule has 17 heavy (non-hydrogen) atoms. The molecule has 1 aromatic carbocycles. The van der Waals surface area contributed by atoms with Crippen molar-refractivity contribution < 1.29 is 0 Å². The second kappa shape index (κ2) is 5.45. The van der Waals surface area contributed by atoms with Crippen LogP contribution in [0.1, 0.15) is 25.8 Å². The van der Waals surface area contributed by atoms with Crippen LogP contribution in [0.15, 0.2) is 30.5 Å². The number of fused-ring (bicyclic) bond motifs is 1. The normalized spacial score (nSPS) is 11.9. The van der Waals surface area contributed by atoms with Crippen molar-refractivity contribution in [2.24, 2.45) is 5.92 Å². The molecule has 0 saturated heterocycles. The van der Waals surface area contributed by atoms with Gasteiger partial charge < -0.3 is 0 Å². The Bertz CT molecular complexity index is 564. The summed E-state index contributed by atoms with van der Waals surface area (Å²) in [4.78, 5) is 0. The lowest BCUT2D eigenvalue weighted by Gasteiger charge is -1.99. The van der Waals surface area contributed by atoms with Gasteiger partial charge >= 0.3 is 0 Å². The highest BCUT2D eigenvalue weighted by Gasteiger charge is 1.96. The second-order valence-corrected chi connectivity index (χ2v) is 4.23. The number of rotatable bonds is 2. The third kappa shape index (κ3) is 3.04. The van der Waals surface area contributed by atoms with Crippen molar-refractivity contribution in [3.8, 4) is 11.8 Å². The molecule has 0 radical (unpaired) electrons. The number of benzene rings is 1. The van der Waals surface area contributed by atoms with E-state index in [2.05, 4.69) is 54.1 Å². The molecule has 0 fully saturated rings. The molecular weight excluding hydrogens is 208 g/mol. The van der Waals surface area contributed by atoms with E-state index in [1.165, 1.54) is 5.56 Å². The Balaban J connectivity index is 2.16. The third-order valence-electron chi connectivity index (χ3n) is 2.83. The molecule has 0 saturated carbocycles. The van der Waals surface area contributed by atoms with Gasteiger partial charge in [-0.1, -0.05) is 37.8 Å². The lowest BCUT2D eigenvalue weighted by Crippen LogP contribution is -1.88. The first-order chi connectivity index (χ1) is 8.29. The Morgan fingerprint density at radius 2 is 2.18 bits per heavy atom. The molecule has 0 bridgehead atoms. The molecule has 2 aromatic rings. The van der Waals surface area contributed by atoms with Crippen LogP contribution in [0.4, 0.5) is 0 Å². The Kier molecular flexibility index (Phi) is 3.72. The van der Waals surface area contributed by atoms with Crippen molar-refractivity contribution >= 4 is 10.9 Å². The summed E-state index contributed by atoms with van der Waals surface area (Å²) in [5.74, 6) is 6.94. The minimum Gasteiger partial charge on any atom is -0.159 e. The Morgan fingerprint density at radius 3 is 3.00 bits per heavy atom. The SMILES string of the molecule is CCC(C)C#CCc1ccc2ccnnc2c1. The summed E-state index contributed by atoms with van der Waals surface area (Å²) in [7, 11) is 0. The van der Waals surface area contributed by atoms with Crippen LogP contribution in [0.25, 0.3) is 10.9 Å². The minimum atomic E-state index is 0.482. The van der Waals surface area contributed by atoms with Gasteiger partial charge in [-0.3, -0.25) is 0 Å². The van der Waals surface area contributed by atoms with Crippen LogP contribution in [0.5, 0.6) is 0 Å². The highest BCUT2D eigenvalue weighted by atomic mass is 15.1. The second-order valence-electron chi connectivity index (χ2n) is 4.23. The van der Waals surface area contributed by atoms with Gasteiger partial charge in [-0.25, -0.2) is 0 Å². The topological polar surface area (TPSA) is 25.8 Å². The standard InChI is InChI=1S/C15H16N2/c1-3-12(2)5-4-6-13-7-8-14-9-10-16-17-15(14)11-13/h7-12H,3,6H2,1-2H3. The summed E-state index contributed by atoms with van der Waals surface area (Å²) in [6, 6.07) is 8.21. The Morgan fingerprint density at radius 1 is 1.29 bits per heavy atom. The van der Waals surface area contributed by atoms with Gasteiger partial charge in [-0.2, -0.15) is 10.2 Å². The van der Waals surface area contributed by atoms with E-state index in [-0.39, 0.29) is 0 Å². The van der Waals surface area contributed by atoms with Crippen LogP contribution in [0.2, 0.25) is 0 Å². The molecule has 2 heteroatoms. The smallest absolute Gasteiger partial charge is 0.0932 e. The Labute approximate surface area is 102 Å². The summed E-state index contributed by atoms with van der Waals surface area (Å²) < 4.78 is 0. The van der Waals surface area contributed by atoms with E-state index >= 15 is 0 Å². The highest BCUT2D eigenvalue weighted by molar-refractivity contribution is 5.78. The zero-order valence-electron chi connectivity index (χ0n) is 10.3. The number of hydrogen-bond acceptors (Lipinski definition) is 2. The molecule has 0 amide bonds. The first-order valence-corrected chi connectivity index (χ1v) is 5.98. The fourth-order valence-corrected chi connectivity index (χ4v) is 1.57. The van der Waals surface area contributed by atoms with Crippen LogP contribution in [-0.2, 0) is 6.42 Å². The average molecular weight is 224 g/mol. The molecule has 2 rings (SSSR count). The molecule has 1 atom stereocenters. The lowest BCUT2D eigenvalue weighted by atomic mass is 10.1. The lowest BCUT2D eigenvalue weighted by molar-refractivity contribution is 0.723. The van der Waals surface area contributed by atoms with Gasteiger partial charge in [-0.15, -0.1) is 0 Å². The molecule has 2 nitrogen and oxygen atoms in total. The van der Waals surface area contributed by atoms with Gasteiger partial charge in [0.15, 0.2) is 0 Å². The summed E-state index contributed by atoms with van der Waals surface area (Å²) in [5.41, 5.74) is 2.14. The predicted octanol–water partition coefficient (Wildman–Crippen LogP) is 3.22. The van der Waals surface area contributed by atoms with Crippen molar-refractivity contribution in [1.82, 2.24) is 10.2 Å². The van der Waals surface area contributed by atoms with E-state index in [4.69, 9.17) is 0 Å². The first-order valence-electron chi connectivity index (χ1n) is 5.98. The zero-order valence-corrected chi connectivity index (χ0v) is 10.3. The van der Waals surface area contributed by atoms with Gasteiger partial charge in [0.2, 0.25) is 0 Å². The van der Waals surface area contributed by atoms with E-state index < -0.39 is 0 Å². The van der Waals surface area contributed by atoms with Gasteiger partial charge in [0.1, 0.15) is 0 Å². The van der Waals surface area contributed by atoms with Crippen LogP contribution in [0.3, 0.4) is 0 Å². The molecular formula is C15H16N2. The molecule has 0 spiro atoms. The predicted molar refractivity (Wildman–Crippen MR) is 70.5 cm³/mol. The first kappa shape index (κ1) is 11.6. The van der Waals surface area contributed by atoms with E-state index in [0.29, 0.717) is 5.92 Å². The maximum atomic E-state index is 4.10. The van der Waals surface area contributed by atoms with Gasteiger partial charge in [0, 0.05) is 17.7 Å². The van der Waals surface area contributed by atoms with Gasteiger partial charge in [0.05, 0.1) is 11.7 Å². The van der Waals surface area contributed by atoms with Gasteiger partial charge in [0.25, 0.3) is 0 Å². The molecule has 1 heterocycles. The van der Waals surface area contributed by atoms with Crippen molar-refractivity contribution in [2.75, 3.05) is 0 Å². The number of nitrogens with zero attached hydrogens (tertiary/aromatic N) is 2. The molecule has 0 aliphatic rings. The average Bonchev–Trinajstić information content (AvgIpc) is 2.38. The molecule has 86 valence electrons. The maximum Gasteiger partial charge on any atom is 0.0932 e. The van der Waals surface area contributed by atoms with Crippen LogP contribution >= 0.6 is 0 Å². The van der Waals surface area contributed by atoms with E-state index in [9.17, 15) is 0 Å². The fourth-order valence-electron chi connectivity index (χ4n) is 1.57. The summed E-state index contributed by atoms with van der Waals surface area (Å²) >= 11 is 0. The zero-order chi connectivity index (χ0) is 12.1. The van der Waals surface area contributed by atoms with Crippen LogP contribution < -0.4 is 0 Å².